The zero-order chi connectivity index (χ0) is 15.5. The van der Waals surface area contributed by atoms with E-state index in [4.69, 9.17) is 5.11 Å². The Morgan fingerprint density at radius 3 is 2.67 bits per heavy atom. The van der Waals surface area contributed by atoms with E-state index in [2.05, 4.69) is 10.6 Å². The summed E-state index contributed by atoms with van der Waals surface area (Å²) in [5, 5.41) is 33.8. The highest BCUT2D eigenvalue weighted by Gasteiger charge is 2.10. The second-order valence-electron chi connectivity index (χ2n) is 4.90. The number of anilines is 1. The van der Waals surface area contributed by atoms with Crippen LogP contribution in [0.5, 0.6) is 5.75 Å². The Morgan fingerprint density at radius 2 is 1.95 bits per heavy atom. The van der Waals surface area contributed by atoms with Gasteiger partial charge in [-0.15, -0.1) is 0 Å². The lowest BCUT2D eigenvalue weighted by atomic mass is 10.1. The highest BCUT2D eigenvalue weighted by Crippen LogP contribution is 2.26. The van der Waals surface area contributed by atoms with Gasteiger partial charge < -0.3 is 26.0 Å². The summed E-state index contributed by atoms with van der Waals surface area (Å²) in [5.74, 6) is -0.0325. The maximum atomic E-state index is 10.4. The van der Waals surface area contributed by atoms with Crippen molar-refractivity contribution in [2.45, 2.75) is 31.8 Å². The number of rotatable bonds is 11. The first-order chi connectivity index (χ1) is 10.2. The van der Waals surface area contributed by atoms with Crippen LogP contribution in [0.4, 0.5) is 5.69 Å². The summed E-state index contributed by atoms with van der Waals surface area (Å²) < 4.78 is 0. The maximum Gasteiger partial charge on any atom is 0.211 e. The molecule has 1 atom stereocenters. The predicted octanol–water partition coefficient (Wildman–Crippen LogP) is 1.14. The molecule has 0 saturated heterocycles. The third-order valence-corrected chi connectivity index (χ3v) is 3.22. The van der Waals surface area contributed by atoms with Crippen molar-refractivity contribution >= 4 is 12.1 Å². The fourth-order valence-electron chi connectivity index (χ4n) is 2.01. The van der Waals surface area contributed by atoms with E-state index in [1.165, 1.54) is 6.07 Å². The molecule has 21 heavy (non-hydrogen) atoms. The highest BCUT2D eigenvalue weighted by atomic mass is 16.3. The van der Waals surface area contributed by atoms with Gasteiger partial charge in [0.2, 0.25) is 6.41 Å². The topological polar surface area (TPSA) is 102 Å². The molecule has 0 unspecified atom stereocenters. The second-order valence-corrected chi connectivity index (χ2v) is 4.90. The highest BCUT2D eigenvalue weighted by molar-refractivity contribution is 5.75. The molecular formula is C15H24N2O4. The van der Waals surface area contributed by atoms with Crippen LogP contribution in [0, 0.1) is 0 Å². The van der Waals surface area contributed by atoms with Gasteiger partial charge in [0.15, 0.2) is 0 Å². The molecule has 0 aromatic heterocycles. The average Bonchev–Trinajstić information content (AvgIpc) is 2.48. The van der Waals surface area contributed by atoms with Crippen molar-refractivity contribution in [1.29, 1.82) is 0 Å². The van der Waals surface area contributed by atoms with Crippen LogP contribution in [-0.4, -0.2) is 41.4 Å². The molecule has 0 aliphatic heterocycles. The number of carbonyl (C=O) groups is 1. The van der Waals surface area contributed by atoms with Gasteiger partial charge in [0.05, 0.1) is 11.8 Å². The van der Waals surface area contributed by atoms with E-state index in [0.717, 1.165) is 32.2 Å². The Balaban J connectivity index is 2.33. The van der Waals surface area contributed by atoms with E-state index in [9.17, 15) is 15.0 Å². The van der Waals surface area contributed by atoms with Gasteiger partial charge in [0, 0.05) is 13.2 Å². The zero-order valence-corrected chi connectivity index (χ0v) is 12.1. The molecule has 1 amide bonds. The normalized spacial score (nSPS) is 12.1. The first kappa shape index (κ1) is 17.4. The Hall–Kier alpha value is -1.63. The Labute approximate surface area is 124 Å². The van der Waals surface area contributed by atoms with Gasteiger partial charge in [0.1, 0.15) is 5.75 Å². The second kappa shape index (κ2) is 10.1. The van der Waals surface area contributed by atoms with E-state index in [1.807, 2.05) is 0 Å². The van der Waals surface area contributed by atoms with Gasteiger partial charge in [-0.1, -0.05) is 18.9 Å². The summed E-state index contributed by atoms with van der Waals surface area (Å²) in [7, 11) is 0. The van der Waals surface area contributed by atoms with E-state index in [-0.39, 0.29) is 18.0 Å². The molecule has 0 fully saturated rings. The molecule has 0 spiro atoms. The summed E-state index contributed by atoms with van der Waals surface area (Å²) >= 11 is 0. The van der Waals surface area contributed by atoms with E-state index >= 15 is 0 Å². The van der Waals surface area contributed by atoms with Gasteiger partial charge in [0.25, 0.3) is 0 Å². The summed E-state index contributed by atoms with van der Waals surface area (Å²) in [6, 6.07) is 4.62. The van der Waals surface area contributed by atoms with Crippen molar-refractivity contribution in [2.24, 2.45) is 0 Å². The molecule has 5 N–H and O–H groups in total. The van der Waals surface area contributed by atoms with Gasteiger partial charge in [-0.3, -0.25) is 4.79 Å². The van der Waals surface area contributed by atoms with Crippen LogP contribution < -0.4 is 10.6 Å². The number of phenolic OH excluding ortho intramolecular Hbond substituents is 1. The summed E-state index contributed by atoms with van der Waals surface area (Å²) in [4.78, 5) is 10.4. The molecule has 0 heterocycles. The molecule has 6 nitrogen and oxygen atoms in total. The van der Waals surface area contributed by atoms with E-state index in [0.29, 0.717) is 18.5 Å². The quantitative estimate of drug-likeness (QED) is 0.239. The third kappa shape index (κ3) is 6.57. The molecule has 0 bridgehead atoms. The molecule has 0 aliphatic rings. The molecule has 1 rings (SSSR count). The van der Waals surface area contributed by atoms with Crippen molar-refractivity contribution in [3.63, 3.8) is 0 Å². The lowest BCUT2D eigenvalue weighted by Gasteiger charge is -2.14. The number of aromatic hydroxyl groups is 1. The summed E-state index contributed by atoms with van der Waals surface area (Å²) in [6.45, 7) is 1.45. The van der Waals surface area contributed by atoms with Gasteiger partial charge >= 0.3 is 0 Å². The third-order valence-electron chi connectivity index (χ3n) is 3.22. The molecule has 0 saturated carbocycles. The van der Waals surface area contributed by atoms with Crippen molar-refractivity contribution in [2.75, 3.05) is 25.0 Å². The fraction of sp³-hybridized carbons (Fsp3) is 0.533. The number of nitrogens with one attached hydrogen (secondary N) is 2. The first-order valence-electron chi connectivity index (χ1n) is 7.21. The standard InChI is InChI=1S/C15H24N2O4/c18-8-4-2-1-3-7-16-10-15(21)12-5-6-14(20)13(9-12)17-11-19/h5-6,9,11,15-16,18,20-21H,1-4,7-8,10H2,(H,17,19)/t15-/m0/s1. The fourth-order valence-corrected chi connectivity index (χ4v) is 2.01. The first-order valence-corrected chi connectivity index (χ1v) is 7.21. The van der Waals surface area contributed by atoms with Crippen molar-refractivity contribution in [1.82, 2.24) is 5.32 Å². The Bertz CT molecular complexity index is 426. The lowest BCUT2D eigenvalue weighted by Crippen LogP contribution is -2.22. The number of hydrogen-bond acceptors (Lipinski definition) is 5. The number of unbranched alkanes of at least 4 members (excludes halogenated alkanes) is 3. The molecular weight excluding hydrogens is 272 g/mol. The van der Waals surface area contributed by atoms with Crippen LogP contribution in [0.15, 0.2) is 18.2 Å². The zero-order valence-electron chi connectivity index (χ0n) is 12.1. The maximum absolute atomic E-state index is 10.4. The van der Waals surface area contributed by atoms with Gasteiger partial charge in [-0.05, 0) is 37.1 Å². The van der Waals surface area contributed by atoms with Crippen LogP contribution >= 0.6 is 0 Å². The number of carbonyl (C=O) groups excluding carboxylic acids is 1. The number of aliphatic hydroxyl groups is 2. The number of benzene rings is 1. The Morgan fingerprint density at radius 1 is 1.19 bits per heavy atom. The number of amides is 1. The van der Waals surface area contributed by atoms with Crippen LogP contribution in [0.1, 0.15) is 37.4 Å². The minimum absolute atomic E-state index is 0.0325. The van der Waals surface area contributed by atoms with Crippen LogP contribution in [0.25, 0.3) is 0 Å². The Kier molecular flexibility index (Phi) is 8.42. The minimum Gasteiger partial charge on any atom is -0.506 e. The smallest absolute Gasteiger partial charge is 0.211 e. The molecule has 6 heteroatoms. The van der Waals surface area contributed by atoms with Crippen LogP contribution in [-0.2, 0) is 4.79 Å². The summed E-state index contributed by atoms with van der Waals surface area (Å²) in [6.07, 6.45) is 3.68. The average molecular weight is 296 g/mol. The molecule has 1 aromatic carbocycles. The minimum atomic E-state index is -0.699. The lowest BCUT2D eigenvalue weighted by molar-refractivity contribution is -0.105. The molecule has 0 aliphatic carbocycles. The van der Waals surface area contributed by atoms with E-state index < -0.39 is 6.10 Å². The summed E-state index contributed by atoms with van der Waals surface area (Å²) in [5.41, 5.74) is 0.912. The number of hydrogen-bond donors (Lipinski definition) is 5. The monoisotopic (exact) mass is 296 g/mol. The van der Waals surface area contributed by atoms with Crippen molar-refractivity contribution < 1.29 is 20.1 Å². The van der Waals surface area contributed by atoms with Gasteiger partial charge in [-0.2, -0.15) is 0 Å². The number of phenols is 1. The van der Waals surface area contributed by atoms with Crippen LogP contribution in [0.3, 0.4) is 0 Å². The van der Waals surface area contributed by atoms with Crippen molar-refractivity contribution in [3.8, 4) is 5.75 Å². The predicted molar refractivity (Wildman–Crippen MR) is 81.2 cm³/mol. The molecule has 1 aromatic rings. The SMILES string of the molecule is O=CNc1cc([C@@H](O)CNCCCCCCO)ccc1O. The molecule has 0 radical (unpaired) electrons. The number of aliphatic hydroxyl groups excluding tert-OH is 2. The molecule has 118 valence electrons. The largest absolute Gasteiger partial charge is 0.506 e. The van der Waals surface area contributed by atoms with Gasteiger partial charge in [-0.25, -0.2) is 0 Å². The van der Waals surface area contributed by atoms with Crippen LogP contribution in [0.2, 0.25) is 0 Å². The van der Waals surface area contributed by atoms with E-state index in [1.54, 1.807) is 12.1 Å². The van der Waals surface area contributed by atoms with Crippen molar-refractivity contribution in [3.05, 3.63) is 23.8 Å².